The van der Waals surface area contributed by atoms with E-state index in [-0.39, 0.29) is 6.61 Å². The molecule has 1 unspecified atom stereocenters. The first-order chi connectivity index (χ1) is 9.26. The summed E-state index contributed by atoms with van der Waals surface area (Å²) < 4.78 is 1.93. The van der Waals surface area contributed by atoms with Gasteiger partial charge in [0, 0.05) is 36.9 Å². The molecule has 1 aliphatic heterocycles. The van der Waals surface area contributed by atoms with Crippen LogP contribution in [0.3, 0.4) is 0 Å². The van der Waals surface area contributed by atoms with Gasteiger partial charge in [-0.25, -0.2) is 9.67 Å². The number of hydrogen-bond donors (Lipinski definition) is 1. The monoisotopic (exact) mass is 277 g/mol. The minimum Gasteiger partial charge on any atom is -0.396 e. The molecule has 1 aromatic heterocycles. The van der Waals surface area contributed by atoms with Gasteiger partial charge in [-0.05, 0) is 18.1 Å². The van der Waals surface area contributed by atoms with Crippen molar-refractivity contribution in [2.75, 3.05) is 6.61 Å². The third-order valence-corrected chi connectivity index (χ3v) is 3.93. The SMILES string of the molecule is OCC1CCc2nc(Cc3ccccc3Cl)nn2C1. The Morgan fingerprint density at radius 3 is 3.00 bits per heavy atom. The fourth-order valence-electron chi connectivity index (χ4n) is 2.46. The molecule has 0 bridgehead atoms. The fourth-order valence-corrected chi connectivity index (χ4v) is 2.66. The molecule has 0 fully saturated rings. The Morgan fingerprint density at radius 1 is 1.37 bits per heavy atom. The maximum absolute atomic E-state index is 9.22. The zero-order valence-electron chi connectivity index (χ0n) is 10.6. The lowest BCUT2D eigenvalue weighted by atomic mass is 10.0. The third kappa shape index (κ3) is 2.65. The highest BCUT2D eigenvalue weighted by Gasteiger charge is 2.21. The number of hydrogen-bond acceptors (Lipinski definition) is 3. The Labute approximate surface area is 117 Å². The highest BCUT2D eigenvalue weighted by atomic mass is 35.5. The van der Waals surface area contributed by atoms with Gasteiger partial charge in [0.05, 0.1) is 0 Å². The van der Waals surface area contributed by atoms with Crippen LogP contribution in [0.4, 0.5) is 0 Å². The maximum atomic E-state index is 9.22. The summed E-state index contributed by atoms with van der Waals surface area (Å²) in [5.74, 6) is 2.14. The largest absolute Gasteiger partial charge is 0.396 e. The minimum atomic E-state index is 0.221. The van der Waals surface area contributed by atoms with Crippen molar-refractivity contribution in [2.45, 2.75) is 25.8 Å². The average molecular weight is 278 g/mol. The number of benzene rings is 1. The summed E-state index contributed by atoms with van der Waals surface area (Å²) in [6.45, 7) is 0.987. The van der Waals surface area contributed by atoms with Gasteiger partial charge in [-0.15, -0.1) is 0 Å². The van der Waals surface area contributed by atoms with E-state index in [4.69, 9.17) is 11.6 Å². The molecule has 0 saturated heterocycles. The van der Waals surface area contributed by atoms with Gasteiger partial charge >= 0.3 is 0 Å². The lowest BCUT2D eigenvalue weighted by molar-refractivity contribution is 0.185. The van der Waals surface area contributed by atoms with E-state index in [1.54, 1.807) is 0 Å². The van der Waals surface area contributed by atoms with Crippen LogP contribution in [0.25, 0.3) is 0 Å². The highest BCUT2D eigenvalue weighted by molar-refractivity contribution is 6.31. The second-order valence-corrected chi connectivity index (χ2v) is 5.39. The van der Waals surface area contributed by atoms with Gasteiger partial charge in [0.15, 0.2) is 5.82 Å². The first-order valence-corrected chi connectivity index (χ1v) is 6.91. The smallest absolute Gasteiger partial charge is 0.155 e. The molecule has 0 aliphatic carbocycles. The summed E-state index contributed by atoms with van der Waals surface area (Å²) in [6, 6.07) is 7.77. The van der Waals surface area contributed by atoms with Crippen molar-refractivity contribution in [2.24, 2.45) is 5.92 Å². The molecule has 0 amide bonds. The number of fused-ring (bicyclic) bond motifs is 1. The van der Waals surface area contributed by atoms with Gasteiger partial charge in [-0.1, -0.05) is 29.8 Å². The second-order valence-electron chi connectivity index (χ2n) is 4.98. The molecule has 1 aliphatic rings. The number of aromatic nitrogens is 3. The molecule has 2 heterocycles. The minimum absolute atomic E-state index is 0.221. The van der Waals surface area contributed by atoms with E-state index < -0.39 is 0 Å². The van der Waals surface area contributed by atoms with E-state index in [1.807, 2.05) is 28.9 Å². The molecule has 3 rings (SSSR count). The normalized spacial score (nSPS) is 18.3. The van der Waals surface area contributed by atoms with E-state index in [2.05, 4.69) is 10.1 Å². The molecule has 0 spiro atoms. The second kappa shape index (κ2) is 5.31. The highest BCUT2D eigenvalue weighted by Crippen LogP contribution is 2.21. The van der Waals surface area contributed by atoms with Crippen LogP contribution in [0.2, 0.25) is 5.02 Å². The maximum Gasteiger partial charge on any atom is 0.155 e. The summed E-state index contributed by atoms with van der Waals surface area (Å²) in [6.07, 6.45) is 2.53. The van der Waals surface area contributed by atoms with Crippen molar-refractivity contribution in [3.63, 3.8) is 0 Å². The molecule has 1 atom stereocenters. The standard InChI is InChI=1S/C14H16ClN3O/c15-12-4-2-1-3-11(12)7-13-16-14-6-5-10(9-19)8-18(14)17-13/h1-4,10,19H,5-9H2. The summed E-state index contributed by atoms with van der Waals surface area (Å²) in [5, 5.41) is 14.5. The first-order valence-electron chi connectivity index (χ1n) is 6.53. The van der Waals surface area contributed by atoms with Crippen LogP contribution in [0.5, 0.6) is 0 Å². The Balaban J connectivity index is 1.80. The van der Waals surface area contributed by atoms with E-state index >= 15 is 0 Å². The molecule has 0 saturated carbocycles. The van der Waals surface area contributed by atoms with Gasteiger partial charge in [0.2, 0.25) is 0 Å². The number of aliphatic hydroxyl groups is 1. The molecule has 1 N–H and O–H groups in total. The van der Waals surface area contributed by atoms with Crippen molar-refractivity contribution in [1.29, 1.82) is 0 Å². The van der Waals surface area contributed by atoms with Crippen molar-refractivity contribution >= 4 is 11.6 Å². The Morgan fingerprint density at radius 2 is 2.21 bits per heavy atom. The van der Waals surface area contributed by atoms with Gasteiger partial charge in [0.25, 0.3) is 0 Å². The molecule has 0 radical (unpaired) electrons. The van der Waals surface area contributed by atoms with Gasteiger partial charge < -0.3 is 5.11 Å². The summed E-state index contributed by atoms with van der Waals surface area (Å²) >= 11 is 6.15. The molecule has 4 nitrogen and oxygen atoms in total. The Bertz CT molecular complexity index is 582. The van der Waals surface area contributed by atoms with Crippen LogP contribution < -0.4 is 0 Å². The topological polar surface area (TPSA) is 50.9 Å². The summed E-state index contributed by atoms with van der Waals surface area (Å²) in [5.41, 5.74) is 1.05. The number of aryl methyl sites for hydroxylation is 1. The van der Waals surface area contributed by atoms with E-state index in [9.17, 15) is 5.11 Å². The van der Waals surface area contributed by atoms with Crippen LogP contribution in [0.15, 0.2) is 24.3 Å². The lowest BCUT2D eigenvalue weighted by Crippen LogP contribution is -2.23. The average Bonchev–Trinajstić information content (AvgIpc) is 2.82. The van der Waals surface area contributed by atoms with Gasteiger partial charge in [0.1, 0.15) is 5.82 Å². The van der Waals surface area contributed by atoms with E-state index in [1.165, 1.54) is 0 Å². The molecule has 19 heavy (non-hydrogen) atoms. The quantitative estimate of drug-likeness (QED) is 0.934. The van der Waals surface area contributed by atoms with Crippen LogP contribution in [-0.2, 0) is 19.4 Å². The summed E-state index contributed by atoms with van der Waals surface area (Å²) in [7, 11) is 0. The van der Waals surface area contributed by atoms with Gasteiger partial charge in [-0.2, -0.15) is 5.10 Å². The van der Waals surface area contributed by atoms with Crippen LogP contribution >= 0.6 is 11.6 Å². The first kappa shape index (κ1) is 12.6. The molecule has 1 aromatic carbocycles. The number of halogens is 1. The molecule has 100 valence electrons. The van der Waals surface area contributed by atoms with E-state index in [0.717, 1.165) is 41.6 Å². The Hall–Kier alpha value is -1.39. The predicted octanol–water partition coefficient (Wildman–Crippen LogP) is 2.08. The molecular weight excluding hydrogens is 262 g/mol. The number of rotatable bonds is 3. The van der Waals surface area contributed by atoms with Gasteiger partial charge in [-0.3, -0.25) is 0 Å². The van der Waals surface area contributed by atoms with Crippen LogP contribution in [-0.4, -0.2) is 26.5 Å². The van der Waals surface area contributed by atoms with Crippen molar-refractivity contribution in [1.82, 2.24) is 14.8 Å². The fraction of sp³-hybridized carbons (Fsp3) is 0.429. The Kier molecular flexibility index (Phi) is 3.53. The van der Waals surface area contributed by atoms with Crippen molar-refractivity contribution in [3.8, 4) is 0 Å². The summed E-state index contributed by atoms with van der Waals surface area (Å²) in [4.78, 5) is 4.57. The third-order valence-electron chi connectivity index (χ3n) is 3.56. The van der Waals surface area contributed by atoms with E-state index in [0.29, 0.717) is 12.3 Å². The molecule has 2 aromatic rings. The number of aliphatic hydroxyl groups excluding tert-OH is 1. The molecule has 5 heteroatoms. The van der Waals surface area contributed by atoms with Crippen molar-refractivity contribution in [3.05, 3.63) is 46.5 Å². The molecular formula is C14H16ClN3O. The predicted molar refractivity (Wildman–Crippen MR) is 73.2 cm³/mol. The lowest BCUT2D eigenvalue weighted by Gasteiger charge is -2.19. The zero-order chi connectivity index (χ0) is 13.2. The van der Waals surface area contributed by atoms with Crippen LogP contribution in [0, 0.1) is 5.92 Å². The van der Waals surface area contributed by atoms with Crippen molar-refractivity contribution < 1.29 is 5.11 Å². The van der Waals surface area contributed by atoms with Crippen LogP contribution in [0.1, 0.15) is 23.6 Å². The zero-order valence-corrected chi connectivity index (χ0v) is 11.3. The number of nitrogens with zero attached hydrogens (tertiary/aromatic N) is 3.